The Balaban J connectivity index is 1.35. The summed E-state index contributed by atoms with van der Waals surface area (Å²) in [4.78, 5) is 42.4. The van der Waals surface area contributed by atoms with E-state index in [4.69, 9.17) is 4.74 Å². The van der Waals surface area contributed by atoms with E-state index in [0.29, 0.717) is 51.4 Å². The van der Waals surface area contributed by atoms with Crippen molar-refractivity contribution < 1.29 is 19.1 Å². The minimum absolute atomic E-state index is 0.0265. The summed E-state index contributed by atoms with van der Waals surface area (Å²) in [7, 11) is 0. The van der Waals surface area contributed by atoms with E-state index >= 15 is 0 Å². The molecule has 0 radical (unpaired) electrons. The maximum atomic E-state index is 12.8. The van der Waals surface area contributed by atoms with Crippen LogP contribution in [0.25, 0.3) is 0 Å². The van der Waals surface area contributed by atoms with Crippen molar-refractivity contribution in [2.24, 2.45) is 0 Å². The first kappa shape index (κ1) is 18.0. The lowest BCUT2D eigenvalue weighted by Crippen LogP contribution is -2.54. The molecule has 1 aromatic rings. The topological polar surface area (TPSA) is 70.2 Å². The standard InChI is InChI=1S/C20H25N3O4/c24-18(16-4-3-15-5-12-27-14-17(15)13-16)22-8-10-23(11-9-22)20(26)19(25)21-6-1-2-7-21/h3-4,13H,1-2,5-12,14H2. The van der Waals surface area contributed by atoms with E-state index < -0.39 is 11.8 Å². The first-order valence-electron chi connectivity index (χ1n) is 9.70. The summed E-state index contributed by atoms with van der Waals surface area (Å²) in [5.74, 6) is -0.863. The average Bonchev–Trinajstić information content (AvgIpc) is 3.27. The lowest BCUT2D eigenvalue weighted by Gasteiger charge is -2.35. The van der Waals surface area contributed by atoms with Crippen LogP contribution >= 0.6 is 0 Å². The van der Waals surface area contributed by atoms with Gasteiger partial charge in [0, 0.05) is 44.8 Å². The molecule has 0 atom stereocenters. The fourth-order valence-corrected chi connectivity index (χ4v) is 3.99. The van der Waals surface area contributed by atoms with Gasteiger partial charge in [0.2, 0.25) is 0 Å². The van der Waals surface area contributed by atoms with E-state index in [1.807, 2.05) is 18.2 Å². The van der Waals surface area contributed by atoms with Gasteiger partial charge in [-0.05, 0) is 42.5 Å². The molecular weight excluding hydrogens is 346 g/mol. The van der Waals surface area contributed by atoms with E-state index in [1.165, 1.54) is 5.56 Å². The van der Waals surface area contributed by atoms with Crippen LogP contribution in [0.4, 0.5) is 0 Å². The molecule has 3 aliphatic heterocycles. The number of ether oxygens (including phenoxy) is 1. The van der Waals surface area contributed by atoms with Crippen LogP contribution in [-0.2, 0) is 27.4 Å². The Morgan fingerprint density at radius 2 is 1.41 bits per heavy atom. The van der Waals surface area contributed by atoms with Crippen LogP contribution in [0.5, 0.6) is 0 Å². The van der Waals surface area contributed by atoms with Gasteiger partial charge in [-0.25, -0.2) is 0 Å². The molecule has 0 bridgehead atoms. The Labute approximate surface area is 158 Å². The van der Waals surface area contributed by atoms with E-state index in [0.717, 1.165) is 31.4 Å². The molecule has 7 nitrogen and oxygen atoms in total. The number of benzene rings is 1. The maximum absolute atomic E-state index is 12.8. The number of amides is 3. The lowest BCUT2D eigenvalue weighted by atomic mass is 10.00. The molecule has 0 aromatic heterocycles. The summed E-state index contributed by atoms with van der Waals surface area (Å²) in [6, 6.07) is 5.81. The van der Waals surface area contributed by atoms with Gasteiger partial charge in [-0.3, -0.25) is 14.4 Å². The van der Waals surface area contributed by atoms with Crippen molar-refractivity contribution in [2.75, 3.05) is 45.9 Å². The van der Waals surface area contributed by atoms with Crippen molar-refractivity contribution in [2.45, 2.75) is 25.9 Å². The van der Waals surface area contributed by atoms with Gasteiger partial charge in [-0.2, -0.15) is 0 Å². The zero-order chi connectivity index (χ0) is 18.8. The van der Waals surface area contributed by atoms with Crippen molar-refractivity contribution in [3.8, 4) is 0 Å². The second-order valence-electron chi connectivity index (χ2n) is 7.37. The largest absolute Gasteiger partial charge is 0.376 e. The minimum Gasteiger partial charge on any atom is -0.376 e. The zero-order valence-corrected chi connectivity index (χ0v) is 15.5. The van der Waals surface area contributed by atoms with Crippen LogP contribution in [0.1, 0.15) is 34.3 Å². The summed E-state index contributed by atoms with van der Waals surface area (Å²) >= 11 is 0. The summed E-state index contributed by atoms with van der Waals surface area (Å²) in [6.45, 7) is 4.33. The second-order valence-corrected chi connectivity index (χ2v) is 7.37. The minimum atomic E-state index is -0.435. The molecule has 1 aromatic carbocycles. The SMILES string of the molecule is O=C(C(=O)N1CCN(C(=O)c2ccc3c(c2)COCC3)CC1)N1CCCC1. The van der Waals surface area contributed by atoms with E-state index in [2.05, 4.69) is 0 Å². The van der Waals surface area contributed by atoms with Gasteiger partial charge in [0.05, 0.1) is 13.2 Å². The average molecular weight is 371 g/mol. The Morgan fingerprint density at radius 3 is 2.11 bits per heavy atom. The molecule has 0 unspecified atom stereocenters. The van der Waals surface area contributed by atoms with Gasteiger partial charge in [0.15, 0.2) is 0 Å². The summed E-state index contributed by atoms with van der Waals surface area (Å²) in [5.41, 5.74) is 2.98. The van der Waals surface area contributed by atoms with E-state index in [1.54, 1.807) is 14.7 Å². The predicted molar refractivity (Wildman–Crippen MR) is 98.1 cm³/mol. The Morgan fingerprint density at radius 1 is 0.778 bits per heavy atom. The van der Waals surface area contributed by atoms with Crippen LogP contribution in [0.2, 0.25) is 0 Å². The Hall–Kier alpha value is -2.41. The number of hydrogen-bond acceptors (Lipinski definition) is 4. The molecule has 3 amide bonds. The molecule has 2 saturated heterocycles. The third-order valence-electron chi connectivity index (χ3n) is 5.66. The highest BCUT2D eigenvalue weighted by Gasteiger charge is 2.32. The van der Waals surface area contributed by atoms with E-state index in [9.17, 15) is 14.4 Å². The van der Waals surface area contributed by atoms with Crippen molar-refractivity contribution in [3.05, 3.63) is 34.9 Å². The number of fused-ring (bicyclic) bond motifs is 1. The normalized spacial score (nSPS) is 19.8. The molecule has 3 heterocycles. The van der Waals surface area contributed by atoms with Crippen molar-refractivity contribution in [1.82, 2.24) is 14.7 Å². The molecule has 4 rings (SSSR count). The lowest BCUT2D eigenvalue weighted by molar-refractivity contribution is -0.152. The van der Waals surface area contributed by atoms with Crippen molar-refractivity contribution >= 4 is 17.7 Å². The van der Waals surface area contributed by atoms with Gasteiger partial charge in [0.1, 0.15) is 0 Å². The maximum Gasteiger partial charge on any atom is 0.312 e. The first-order chi connectivity index (χ1) is 13.1. The monoisotopic (exact) mass is 371 g/mol. The molecule has 0 N–H and O–H groups in total. The third-order valence-corrected chi connectivity index (χ3v) is 5.66. The quantitative estimate of drug-likeness (QED) is 0.681. The summed E-state index contributed by atoms with van der Waals surface area (Å²) in [5, 5.41) is 0. The summed E-state index contributed by atoms with van der Waals surface area (Å²) in [6.07, 6.45) is 2.82. The fourth-order valence-electron chi connectivity index (χ4n) is 3.99. The molecule has 27 heavy (non-hydrogen) atoms. The van der Waals surface area contributed by atoms with Gasteiger partial charge in [-0.15, -0.1) is 0 Å². The van der Waals surface area contributed by atoms with Gasteiger partial charge >= 0.3 is 11.8 Å². The van der Waals surface area contributed by atoms with Crippen LogP contribution < -0.4 is 0 Å². The number of carbonyl (C=O) groups is 3. The molecule has 0 aliphatic carbocycles. The van der Waals surface area contributed by atoms with E-state index in [-0.39, 0.29) is 5.91 Å². The highest BCUT2D eigenvalue weighted by atomic mass is 16.5. The predicted octanol–water partition coefficient (Wildman–Crippen LogP) is 0.666. The number of carbonyl (C=O) groups excluding carboxylic acids is 3. The van der Waals surface area contributed by atoms with Crippen LogP contribution in [0.15, 0.2) is 18.2 Å². The Bertz CT molecular complexity index is 750. The van der Waals surface area contributed by atoms with Gasteiger partial charge in [-0.1, -0.05) is 6.07 Å². The molecule has 7 heteroatoms. The smallest absolute Gasteiger partial charge is 0.312 e. The third kappa shape index (κ3) is 3.69. The zero-order valence-electron chi connectivity index (χ0n) is 15.5. The van der Waals surface area contributed by atoms with Crippen LogP contribution in [0, 0.1) is 0 Å². The van der Waals surface area contributed by atoms with Crippen LogP contribution in [-0.4, -0.2) is 78.3 Å². The van der Waals surface area contributed by atoms with Crippen molar-refractivity contribution in [3.63, 3.8) is 0 Å². The number of piperazine rings is 1. The number of rotatable bonds is 1. The fraction of sp³-hybridized carbons (Fsp3) is 0.550. The second kappa shape index (κ2) is 7.68. The molecule has 2 fully saturated rings. The molecular formula is C20H25N3O4. The van der Waals surface area contributed by atoms with Crippen LogP contribution in [0.3, 0.4) is 0 Å². The van der Waals surface area contributed by atoms with Gasteiger partial charge < -0.3 is 19.4 Å². The molecule has 144 valence electrons. The Kier molecular flexibility index (Phi) is 5.11. The molecule has 3 aliphatic rings. The molecule has 0 saturated carbocycles. The van der Waals surface area contributed by atoms with Gasteiger partial charge in [0.25, 0.3) is 5.91 Å². The number of likely N-dealkylation sites (tertiary alicyclic amines) is 1. The van der Waals surface area contributed by atoms with Crippen molar-refractivity contribution in [1.29, 1.82) is 0 Å². The highest BCUT2D eigenvalue weighted by Crippen LogP contribution is 2.20. The first-order valence-corrected chi connectivity index (χ1v) is 9.70. The number of hydrogen-bond donors (Lipinski definition) is 0. The highest BCUT2D eigenvalue weighted by molar-refractivity contribution is 6.35. The molecule has 0 spiro atoms. The summed E-state index contributed by atoms with van der Waals surface area (Å²) < 4.78 is 5.48. The number of nitrogens with zero attached hydrogens (tertiary/aromatic N) is 3.